The fourth-order valence-electron chi connectivity index (χ4n) is 2.74. The Kier molecular flexibility index (Phi) is 3.27. The van der Waals surface area contributed by atoms with Gasteiger partial charge in [0.15, 0.2) is 0 Å². The molecule has 2 aromatic carbocycles. The zero-order valence-corrected chi connectivity index (χ0v) is 12.2. The van der Waals surface area contributed by atoms with Gasteiger partial charge in [-0.05, 0) is 9.95 Å². The highest BCUT2D eigenvalue weighted by molar-refractivity contribution is 6.05. The van der Waals surface area contributed by atoms with Crippen LogP contribution in [0.2, 0.25) is 0 Å². The Morgan fingerprint density at radius 3 is 2.48 bits per heavy atom. The van der Waals surface area contributed by atoms with Gasteiger partial charge in [-0.25, -0.2) is 4.79 Å². The van der Waals surface area contributed by atoms with Gasteiger partial charge in [0, 0.05) is 17.7 Å². The summed E-state index contributed by atoms with van der Waals surface area (Å²) in [6.45, 7) is 0.305. The van der Waals surface area contributed by atoms with Gasteiger partial charge in [0.2, 0.25) is 5.69 Å². The standard InChI is InChI=1S/C17H13N3O3/c21-17-16(20(19-23-17)13-9-5-2-6-10-13)14-11-22-18-15(14)12-7-3-1-4-8-12/h1-10,14H,11H2/p+1. The van der Waals surface area contributed by atoms with Crippen LogP contribution >= 0.6 is 0 Å². The lowest BCUT2D eigenvalue weighted by Crippen LogP contribution is -2.42. The Morgan fingerprint density at radius 2 is 1.74 bits per heavy atom. The molecule has 2 heterocycles. The van der Waals surface area contributed by atoms with Crippen LogP contribution in [0.3, 0.4) is 0 Å². The molecule has 1 N–H and O–H groups in total. The molecule has 0 saturated heterocycles. The number of benzene rings is 2. The predicted molar refractivity (Wildman–Crippen MR) is 82.5 cm³/mol. The number of H-pyrrole nitrogens is 1. The molecule has 0 bridgehead atoms. The fraction of sp³-hybridized carbons (Fsp3) is 0.118. The Labute approximate surface area is 131 Å². The molecule has 114 valence electrons. The third-order valence-electron chi connectivity index (χ3n) is 3.83. The third kappa shape index (κ3) is 2.34. The van der Waals surface area contributed by atoms with E-state index in [9.17, 15) is 4.79 Å². The van der Waals surface area contributed by atoms with E-state index in [1.165, 1.54) is 0 Å². The van der Waals surface area contributed by atoms with Crippen molar-refractivity contribution in [1.29, 1.82) is 0 Å². The SMILES string of the molecule is O=c1o[nH][n+](-c2ccccc2)c1C1CON=C1c1ccccc1. The summed E-state index contributed by atoms with van der Waals surface area (Å²) in [7, 11) is 0. The molecule has 1 aromatic heterocycles. The molecule has 6 heteroatoms. The number of oxime groups is 1. The molecule has 0 radical (unpaired) electrons. The number of nitrogens with zero attached hydrogens (tertiary/aromatic N) is 2. The number of aromatic nitrogens is 2. The van der Waals surface area contributed by atoms with Crippen molar-refractivity contribution >= 4 is 5.71 Å². The summed E-state index contributed by atoms with van der Waals surface area (Å²) in [6, 6.07) is 19.2. The van der Waals surface area contributed by atoms with E-state index in [0.717, 1.165) is 17.0 Å². The van der Waals surface area contributed by atoms with Crippen LogP contribution < -0.4 is 10.3 Å². The lowest BCUT2D eigenvalue weighted by Gasteiger charge is -2.04. The molecule has 0 saturated carbocycles. The number of rotatable bonds is 3. The van der Waals surface area contributed by atoms with Crippen molar-refractivity contribution in [2.24, 2.45) is 5.16 Å². The molecule has 3 aromatic rings. The van der Waals surface area contributed by atoms with Crippen molar-refractivity contribution in [3.8, 4) is 5.69 Å². The molecule has 1 unspecified atom stereocenters. The Morgan fingerprint density at radius 1 is 1.04 bits per heavy atom. The first-order chi connectivity index (χ1) is 11.3. The van der Waals surface area contributed by atoms with Gasteiger partial charge in [-0.3, -0.25) is 4.52 Å². The second-order valence-corrected chi connectivity index (χ2v) is 5.23. The summed E-state index contributed by atoms with van der Waals surface area (Å²) in [5, 5.41) is 6.79. The zero-order valence-electron chi connectivity index (χ0n) is 12.2. The molecule has 0 aliphatic carbocycles. The molecule has 1 aliphatic heterocycles. The second kappa shape index (κ2) is 5.57. The van der Waals surface area contributed by atoms with E-state index >= 15 is 0 Å². The quantitative estimate of drug-likeness (QED) is 0.750. The first kappa shape index (κ1) is 13.5. The van der Waals surface area contributed by atoms with Gasteiger partial charge in [0.1, 0.15) is 18.2 Å². The van der Waals surface area contributed by atoms with Crippen LogP contribution in [0.25, 0.3) is 5.69 Å². The van der Waals surface area contributed by atoms with Crippen LogP contribution in [0.15, 0.2) is 75.1 Å². The van der Waals surface area contributed by atoms with E-state index in [1.807, 2.05) is 60.7 Å². The minimum Gasteiger partial charge on any atom is -0.394 e. The lowest BCUT2D eigenvalue weighted by atomic mass is 9.95. The second-order valence-electron chi connectivity index (χ2n) is 5.23. The molecular weight excluding hydrogens is 294 g/mol. The van der Waals surface area contributed by atoms with E-state index in [0.29, 0.717) is 12.3 Å². The number of hydrogen-bond donors (Lipinski definition) is 1. The van der Waals surface area contributed by atoms with E-state index in [4.69, 9.17) is 9.36 Å². The smallest absolute Gasteiger partial charge is 0.394 e. The summed E-state index contributed by atoms with van der Waals surface area (Å²) in [4.78, 5) is 17.5. The Hall–Kier alpha value is -3.15. The molecule has 0 amide bonds. The van der Waals surface area contributed by atoms with E-state index in [2.05, 4.69) is 10.4 Å². The first-order valence-electron chi connectivity index (χ1n) is 7.29. The number of hydrogen-bond acceptors (Lipinski definition) is 4. The van der Waals surface area contributed by atoms with Gasteiger partial charge in [0.05, 0.1) is 0 Å². The van der Waals surface area contributed by atoms with E-state index in [-0.39, 0.29) is 5.92 Å². The number of nitrogens with one attached hydrogen (secondary N) is 1. The minimum atomic E-state index is -0.423. The molecule has 6 nitrogen and oxygen atoms in total. The highest BCUT2D eigenvalue weighted by Gasteiger charge is 2.39. The maximum atomic E-state index is 12.2. The van der Waals surface area contributed by atoms with Gasteiger partial charge in [-0.2, -0.15) is 0 Å². The van der Waals surface area contributed by atoms with Gasteiger partial charge >= 0.3 is 11.3 Å². The first-order valence-corrected chi connectivity index (χ1v) is 7.29. The average Bonchev–Trinajstić information content (AvgIpc) is 3.22. The normalized spacial score (nSPS) is 16.9. The average molecular weight is 308 g/mol. The van der Waals surface area contributed by atoms with Crippen molar-refractivity contribution in [2.75, 3.05) is 6.61 Å². The van der Waals surface area contributed by atoms with Crippen LogP contribution in [-0.4, -0.2) is 17.6 Å². The van der Waals surface area contributed by atoms with Gasteiger partial charge in [0.25, 0.3) is 0 Å². The predicted octanol–water partition coefficient (Wildman–Crippen LogP) is 1.76. The summed E-state index contributed by atoms with van der Waals surface area (Å²) in [6.07, 6.45) is 0. The molecular formula is C17H14N3O3+. The molecule has 4 rings (SSSR count). The Balaban J connectivity index is 1.81. The van der Waals surface area contributed by atoms with Crippen LogP contribution in [-0.2, 0) is 4.84 Å². The molecule has 1 aliphatic rings. The minimum absolute atomic E-state index is 0.292. The van der Waals surface area contributed by atoms with Crippen molar-refractivity contribution in [2.45, 2.75) is 5.92 Å². The molecule has 23 heavy (non-hydrogen) atoms. The monoisotopic (exact) mass is 308 g/mol. The number of aromatic amines is 1. The maximum Gasteiger partial charge on any atom is 0.431 e. The van der Waals surface area contributed by atoms with Crippen LogP contribution in [0.4, 0.5) is 0 Å². The third-order valence-corrected chi connectivity index (χ3v) is 3.83. The summed E-state index contributed by atoms with van der Waals surface area (Å²) in [5.74, 6) is -0.292. The van der Waals surface area contributed by atoms with Gasteiger partial charge < -0.3 is 4.84 Å². The maximum absolute atomic E-state index is 12.2. The van der Waals surface area contributed by atoms with Gasteiger partial charge in [-0.1, -0.05) is 53.7 Å². The van der Waals surface area contributed by atoms with E-state index < -0.39 is 5.63 Å². The van der Waals surface area contributed by atoms with Crippen molar-refractivity contribution in [1.82, 2.24) is 5.27 Å². The highest BCUT2D eigenvalue weighted by atomic mass is 16.6. The summed E-state index contributed by atoms with van der Waals surface area (Å²) < 4.78 is 6.66. The van der Waals surface area contributed by atoms with Crippen molar-refractivity contribution in [3.05, 3.63) is 82.3 Å². The molecule has 0 spiro atoms. The molecule has 0 fully saturated rings. The van der Waals surface area contributed by atoms with Crippen LogP contribution in [0.5, 0.6) is 0 Å². The topological polar surface area (TPSA) is 71.5 Å². The number of para-hydroxylation sites is 1. The van der Waals surface area contributed by atoms with Crippen LogP contribution in [0, 0.1) is 0 Å². The van der Waals surface area contributed by atoms with Crippen molar-refractivity contribution < 1.29 is 14.0 Å². The van der Waals surface area contributed by atoms with Crippen LogP contribution in [0.1, 0.15) is 17.2 Å². The Bertz CT molecular complexity index is 898. The lowest BCUT2D eigenvalue weighted by molar-refractivity contribution is -0.677. The van der Waals surface area contributed by atoms with Gasteiger partial charge in [-0.15, -0.1) is 0 Å². The van der Waals surface area contributed by atoms with Crippen molar-refractivity contribution in [3.63, 3.8) is 0 Å². The summed E-state index contributed by atoms with van der Waals surface area (Å²) in [5.41, 5.74) is 2.51. The summed E-state index contributed by atoms with van der Waals surface area (Å²) >= 11 is 0. The highest BCUT2D eigenvalue weighted by Crippen LogP contribution is 2.23. The van der Waals surface area contributed by atoms with E-state index in [1.54, 1.807) is 4.68 Å². The molecule has 1 atom stereocenters. The fourth-order valence-corrected chi connectivity index (χ4v) is 2.74. The largest absolute Gasteiger partial charge is 0.431 e. The zero-order chi connectivity index (χ0) is 15.6.